The largest absolute Gasteiger partial charge is 0.378 e. The number of pyridine rings is 1. The standard InChI is InChI=1S/C11H18N4O2/c1-4-7(2)8(3)13-10-6-5-9(15(16)17)11(12)14-10/h5-8H,4H2,1-3H3,(H3,12,13,14). The van der Waals surface area contributed by atoms with Gasteiger partial charge in [-0.15, -0.1) is 0 Å². The molecule has 2 atom stereocenters. The highest BCUT2D eigenvalue weighted by molar-refractivity contribution is 5.57. The summed E-state index contributed by atoms with van der Waals surface area (Å²) in [6, 6.07) is 3.19. The average molecular weight is 238 g/mol. The van der Waals surface area contributed by atoms with E-state index in [-0.39, 0.29) is 17.5 Å². The number of anilines is 2. The van der Waals surface area contributed by atoms with Gasteiger partial charge in [0.05, 0.1) is 4.92 Å². The zero-order valence-electron chi connectivity index (χ0n) is 10.3. The molecule has 1 aromatic heterocycles. The van der Waals surface area contributed by atoms with Crippen LogP contribution in [-0.2, 0) is 0 Å². The molecule has 0 spiro atoms. The molecule has 1 aromatic rings. The van der Waals surface area contributed by atoms with E-state index in [9.17, 15) is 10.1 Å². The normalized spacial score (nSPS) is 14.1. The summed E-state index contributed by atoms with van der Waals surface area (Å²) >= 11 is 0. The average Bonchev–Trinajstić information content (AvgIpc) is 2.27. The number of hydrogen-bond donors (Lipinski definition) is 2. The van der Waals surface area contributed by atoms with Gasteiger partial charge in [0.15, 0.2) is 0 Å². The zero-order valence-corrected chi connectivity index (χ0v) is 10.3. The quantitative estimate of drug-likeness (QED) is 0.606. The molecule has 0 aromatic carbocycles. The molecule has 1 heterocycles. The van der Waals surface area contributed by atoms with E-state index in [0.717, 1.165) is 6.42 Å². The van der Waals surface area contributed by atoms with Crippen LogP contribution in [0.3, 0.4) is 0 Å². The molecule has 0 radical (unpaired) electrons. The highest BCUT2D eigenvalue weighted by Crippen LogP contribution is 2.22. The molecule has 17 heavy (non-hydrogen) atoms. The summed E-state index contributed by atoms with van der Waals surface area (Å²) in [7, 11) is 0. The lowest BCUT2D eigenvalue weighted by atomic mass is 10.0. The molecule has 0 fully saturated rings. The van der Waals surface area contributed by atoms with Crippen molar-refractivity contribution in [2.75, 3.05) is 11.1 Å². The minimum Gasteiger partial charge on any atom is -0.378 e. The Morgan fingerprint density at radius 2 is 2.18 bits per heavy atom. The van der Waals surface area contributed by atoms with Gasteiger partial charge in [0.1, 0.15) is 5.82 Å². The van der Waals surface area contributed by atoms with E-state index in [4.69, 9.17) is 5.73 Å². The maximum absolute atomic E-state index is 10.6. The molecule has 94 valence electrons. The van der Waals surface area contributed by atoms with E-state index in [1.54, 1.807) is 6.07 Å². The van der Waals surface area contributed by atoms with Crippen molar-refractivity contribution in [3.63, 3.8) is 0 Å². The van der Waals surface area contributed by atoms with Gasteiger partial charge in [-0.25, -0.2) is 4.98 Å². The van der Waals surface area contributed by atoms with Gasteiger partial charge in [-0.05, 0) is 18.9 Å². The van der Waals surface area contributed by atoms with E-state index in [2.05, 4.69) is 24.1 Å². The topological polar surface area (TPSA) is 94.1 Å². The van der Waals surface area contributed by atoms with Crippen molar-refractivity contribution in [2.24, 2.45) is 5.92 Å². The van der Waals surface area contributed by atoms with Crippen LogP contribution in [-0.4, -0.2) is 15.9 Å². The summed E-state index contributed by atoms with van der Waals surface area (Å²) in [5, 5.41) is 13.8. The van der Waals surface area contributed by atoms with Crippen LogP contribution in [0.4, 0.5) is 17.3 Å². The minimum absolute atomic E-state index is 0.0589. The fourth-order valence-electron chi connectivity index (χ4n) is 1.43. The first kappa shape index (κ1) is 13.2. The number of aromatic nitrogens is 1. The predicted octanol–water partition coefficient (Wildman–Crippen LogP) is 2.42. The van der Waals surface area contributed by atoms with Crippen molar-refractivity contribution >= 4 is 17.3 Å². The van der Waals surface area contributed by atoms with Crippen LogP contribution < -0.4 is 11.1 Å². The van der Waals surface area contributed by atoms with Crippen LogP contribution in [0.15, 0.2) is 12.1 Å². The van der Waals surface area contributed by atoms with Crippen LogP contribution in [0.2, 0.25) is 0 Å². The lowest BCUT2D eigenvalue weighted by Crippen LogP contribution is -2.23. The first-order valence-corrected chi connectivity index (χ1v) is 5.63. The number of nitro groups is 1. The Hall–Kier alpha value is -1.85. The lowest BCUT2D eigenvalue weighted by molar-refractivity contribution is -0.384. The molecule has 6 heteroatoms. The van der Waals surface area contributed by atoms with Crippen LogP contribution in [0, 0.1) is 16.0 Å². The third-order valence-electron chi connectivity index (χ3n) is 2.97. The molecule has 0 bridgehead atoms. The smallest absolute Gasteiger partial charge is 0.311 e. The zero-order chi connectivity index (χ0) is 13.0. The monoisotopic (exact) mass is 238 g/mol. The maximum Gasteiger partial charge on any atom is 0.311 e. The van der Waals surface area contributed by atoms with Crippen LogP contribution >= 0.6 is 0 Å². The van der Waals surface area contributed by atoms with Crippen LogP contribution in [0.1, 0.15) is 27.2 Å². The summed E-state index contributed by atoms with van der Waals surface area (Å²) < 4.78 is 0. The molecule has 2 unspecified atom stereocenters. The SMILES string of the molecule is CCC(C)C(C)Nc1ccc([N+](=O)[O-])c(N)n1. The van der Waals surface area contributed by atoms with Crippen molar-refractivity contribution in [3.05, 3.63) is 22.2 Å². The molecule has 1 rings (SSSR count). The van der Waals surface area contributed by atoms with Gasteiger partial charge in [-0.3, -0.25) is 10.1 Å². The molecule has 0 aliphatic rings. The second-order valence-electron chi connectivity index (χ2n) is 4.18. The molecule has 6 nitrogen and oxygen atoms in total. The third-order valence-corrected chi connectivity index (χ3v) is 2.97. The molecule has 3 N–H and O–H groups in total. The van der Waals surface area contributed by atoms with Crippen LogP contribution in [0.25, 0.3) is 0 Å². The summed E-state index contributed by atoms with van der Waals surface area (Å²) in [5.41, 5.74) is 5.35. The second-order valence-corrected chi connectivity index (χ2v) is 4.18. The Balaban J connectivity index is 2.81. The summed E-state index contributed by atoms with van der Waals surface area (Å²) in [4.78, 5) is 14.0. The second kappa shape index (κ2) is 5.47. The van der Waals surface area contributed by atoms with Crippen molar-refractivity contribution < 1.29 is 4.92 Å². The van der Waals surface area contributed by atoms with Gasteiger partial charge in [-0.1, -0.05) is 20.3 Å². The maximum atomic E-state index is 10.6. The van der Waals surface area contributed by atoms with E-state index in [1.807, 2.05) is 6.92 Å². The molecular weight excluding hydrogens is 220 g/mol. The summed E-state index contributed by atoms with van der Waals surface area (Å²) in [6.07, 6.45) is 1.05. The summed E-state index contributed by atoms with van der Waals surface area (Å²) in [5.74, 6) is 1.01. The van der Waals surface area contributed by atoms with E-state index < -0.39 is 4.92 Å². The van der Waals surface area contributed by atoms with Gasteiger partial charge in [0.25, 0.3) is 0 Å². The first-order valence-electron chi connectivity index (χ1n) is 5.63. The highest BCUT2D eigenvalue weighted by Gasteiger charge is 2.15. The number of nitrogens with two attached hydrogens (primary N) is 1. The number of nitrogens with zero attached hydrogens (tertiary/aromatic N) is 2. The van der Waals surface area contributed by atoms with Gasteiger partial charge in [0.2, 0.25) is 5.82 Å². The number of nitrogens with one attached hydrogen (secondary N) is 1. The molecule has 0 saturated heterocycles. The summed E-state index contributed by atoms with van der Waals surface area (Å²) in [6.45, 7) is 6.29. The van der Waals surface area contributed by atoms with Crippen molar-refractivity contribution in [1.82, 2.24) is 4.98 Å². The fourth-order valence-corrected chi connectivity index (χ4v) is 1.43. The molecule has 0 saturated carbocycles. The fraction of sp³-hybridized carbons (Fsp3) is 0.545. The van der Waals surface area contributed by atoms with Gasteiger partial charge in [0, 0.05) is 12.1 Å². The highest BCUT2D eigenvalue weighted by atomic mass is 16.6. The molecule has 0 aliphatic carbocycles. The van der Waals surface area contributed by atoms with E-state index >= 15 is 0 Å². The number of nitrogen functional groups attached to an aromatic ring is 1. The Bertz CT molecular complexity index is 408. The molecule has 0 amide bonds. The van der Waals surface area contributed by atoms with Crippen molar-refractivity contribution in [1.29, 1.82) is 0 Å². The van der Waals surface area contributed by atoms with Crippen LogP contribution in [0.5, 0.6) is 0 Å². The van der Waals surface area contributed by atoms with Gasteiger partial charge in [-0.2, -0.15) is 0 Å². The van der Waals surface area contributed by atoms with E-state index in [1.165, 1.54) is 6.07 Å². The van der Waals surface area contributed by atoms with Crippen molar-refractivity contribution in [2.45, 2.75) is 33.2 Å². The van der Waals surface area contributed by atoms with Gasteiger partial charge < -0.3 is 11.1 Å². The lowest BCUT2D eigenvalue weighted by Gasteiger charge is -2.20. The van der Waals surface area contributed by atoms with Crippen molar-refractivity contribution in [3.8, 4) is 0 Å². The number of hydrogen-bond acceptors (Lipinski definition) is 5. The third kappa shape index (κ3) is 3.30. The predicted molar refractivity (Wildman–Crippen MR) is 67.8 cm³/mol. The molecular formula is C11H18N4O2. The number of rotatable bonds is 5. The first-order chi connectivity index (χ1) is 7.95. The molecule has 0 aliphatic heterocycles. The minimum atomic E-state index is -0.537. The van der Waals surface area contributed by atoms with Gasteiger partial charge >= 0.3 is 5.69 Å². The Kier molecular flexibility index (Phi) is 4.25. The Morgan fingerprint density at radius 3 is 2.65 bits per heavy atom. The Morgan fingerprint density at radius 1 is 1.53 bits per heavy atom. The Labute approximate surface area is 100 Å². The van der Waals surface area contributed by atoms with E-state index in [0.29, 0.717) is 11.7 Å².